The minimum absolute atomic E-state index is 0.237. The molecule has 1 heterocycles. The lowest BCUT2D eigenvalue weighted by atomic mass is 10.4. The van der Waals surface area contributed by atoms with E-state index in [4.69, 9.17) is 0 Å². The average Bonchev–Trinajstić information content (AvgIpc) is 2.80. The number of hydrogen-bond acceptors (Lipinski definition) is 3. The van der Waals surface area contributed by atoms with Gasteiger partial charge in [0, 0.05) is 13.1 Å². The predicted octanol–water partition coefficient (Wildman–Crippen LogP) is 0.0204. The smallest absolute Gasteiger partial charge is 0.323 e. The standard InChI is InChI=1S/C13H20N4O3/c1-5-11(18)14-9(3)16-7-8-17(13(16)20)10(4)15-12(19)6-2/h5-6,9-10H,1-2,7-8H2,3-4H3,(H,14,18)(H,15,19). The van der Waals surface area contributed by atoms with E-state index in [1.807, 2.05) is 0 Å². The Morgan fingerprint density at radius 3 is 1.70 bits per heavy atom. The molecule has 1 fully saturated rings. The molecule has 0 spiro atoms. The van der Waals surface area contributed by atoms with Gasteiger partial charge in [-0.05, 0) is 26.0 Å². The van der Waals surface area contributed by atoms with Crippen molar-refractivity contribution < 1.29 is 14.4 Å². The number of carbonyl (C=O) groups excluding carboxylic acids is 3. The summed E-state index contributed by atoms with van der Waals surface area (Å²) in [7, 11) is 0. The van der Waals surface area contributed by atoms with Crippen molar-refractivity contribution in [2.75, 3.05) is 13.1 Å². The van der Waals surface area contributed by atoms with Gasteiger partial charge in [-0.1, -0.05) is 13.2 Å². The molecular weight excluding hydrogens is 260 g/mol. The predicted molar refractivity (Wildman–Crippen MR) is 74.4 cm³/mol. The second-order valence-electron chi connectivity index (χ2n) is 4.45. The summed E-state index contributed by atoms with van der Waals surface area (Å²) in [4.78, 5) is 37.8. The van der Waals surface area contributed by atoms with Gasteiger partial charge in [0.2, 0.25) is 11.8 Å². The molecular formula is C13H20N4O3. The van der Waals surface area contributed by atoms with Gasteiger partial charge >= 0.3 is 6.03 Å². The Balaban J connectivity index is 2.62. The number of carbonyl (C=O) groups is 3. The van der Waals surface area contributed by atoms with Crippen LogP contribution in [0.3, 0.4) is 0 Å². The van der Waals surface area contributed by atoms with Crippen molar-refractivity contribution in [2.24, 2.45) is 0 Å². The number of hydrogen-bond donors (Lipinski definition) is 2. The van der Waals surface area contributed by atoms with E-state index in [2.05, 4.69) is 23.8 Å². The van der Waals surface area contributed by atoms with Gasteiger partial charge in [-0.3, -0.25) is 9.59 Å². The van der Waals surface area contributed by atoms with Crippen LogP contribution < -0.4 is 10.6 Å². The van der Waals surface area contributed by atoms with E-state index in [1.54, 1.807) is 13.8 Å². The van der Waals surface area contributed by atoms with Crippen LogP contribution in [0.5, 0.6) is 0 Å². The molecule has 20 heavy (non-hydrogen) atoms. The third kappa shape index (κ3) is 3.59. The first-order chi connectivity index (χ1) is 9.40. The fraction of sp³-hybridized carbons (Fsp3) is 0.462. The van der Waals surface area contributed by atoms with Crippen molar-refractivity contribution >= 4 is 17.8 Å². The topological polar surface area (TPSA) is 81.8 Å². The lowest BCUT2D eigenvalue weighted by Gasteiger charge is -2.28. The molecule has 1 rings (SSSR count). The summed E-state index contributed by atoms with van der Waals surface area (Å²) in [6.07, 6.45) is 1.45. The molecule has 2 N–H and O–H groups in total. The van der Waals surface area contributed by atoms with Gasteiger partial charge in [-0.15, -0.1) is 0 Å². The molecule has 4 amide bonds. The highest BCUT2D eigenvalue weighted by atomic mass is 16.2. The summed E-state index contributed by atoms with van der Waals surface area (Å²) < 4.78 is 0. The number of urea groups is 1. The van der Waals surface area contributed by atoms with Gasteiger partial charge in [0.25, 0.3) is 0 Å². The Hall–Kier alpha value is -2.31. The largest absolute Gasteiger partial charge is 0.332 e. The third-order valence-electron chi connectivity index (χ3n) is 3.08. The van der Waals surface area contributed by atoms with Crippen molar-refractivity contribution in [3.8, 4) is 0 Å². The molecule has 1 aliphatic rings. The lowest BCUT2D eigenvalue weighted by molar-refractivity contribution is -0.118. The minimum Gasteiger partial charge on any atom is -0.332 e. The first-order valence-electron chi connectivity index (χ1n) is 6.33. The molecule has 2 atom stereocenters. The first-order valence-corrected chi connectivity index (χ1v) is 6.33. The molecule has 0 aliphatic carbocycles. The van der Waals surface area contributed by atoms with Gasteiger partial charge in [-0.25, -0.2) is 4.79 Å². The third-order valence-corrected chi connectivity index (χ3v) is 3.08. The van der Waals surface area contributed by atoms with Crippen LogP contribution in [-0.2, 0) is 9.59 Å². The molecule has 7 nitrogen and oxygen atoms in total. The van der Waals surface area contributed by atoms with Crippen LogP contribution in [0.2, 0.25) is 0 Å². The maximum atomic E-state index is 12.2. The summed E-state index contributed by atoms with van der Waals surface area (Å²) in [6.45, 7) is 11.1. The summed E-state index contributed by atoms with van der Waals surface area (Å²) in [6, 6.07) is -0.237. The van der Waals surface area contributed by atoms with E-state index in [0.29, 0.717) is 13.1 Å². The quantitative estimate of drug-likeness (QED) is 0.673. The van der Waals surface area contributed by atoms with Crippen LogP contribution in [0.15, 0.2) is 25.3 Å². The average molecular weight is 280 g/mol. The SMILES string of the molecule is C=CC(=O)NC(C)N1CCN(C(C)NC(=O)C=C)C1=O. The summed E-state index contributed by atoms with van der Waals surface area (Å²) in [5, 5.41) is 5.26. The molecule has 0 saturated carbocycles. The molecule has 1 saturated heterocycles. The normalized spacial score (nSPS) is 17.4. The second-order valence-corrected chi connectivity index (χ2v) is 4.45. The minimum atomic E-state index is -0.430. The first kappa shape index (κ1) is 15.7. The van der Waals surface area contributed by atoms with Crippen molar-refractivity contribution in [3.63, 3.8) is 0 Å². The fourth-order valence-corrected chi connectivity index (χ4v) is 1.98. The van der Waals surface area contributed by atoms with Gasteiger partial charge in [0.05, 0.1) is 0 Å². The van der Waals surface area contributed by atoms with Crippen molar-refractivity contribution in [2.45, 2.75) is 26.2 Å². The van der Waals surface area contributed by atoms with E-state index < -0.39 is 12.3 Å². The van der Waals surface area contributed by atoms with E-state index in [1.165, 1.54) is 9.80 Å². The molecule has 0 aromatic rings. The number of rotatable bonds is 6. The van der Waals surface area contributed by atoms with Crippen molar-refractivity contribution in [1.29, 1.82) is 0 Å². The van der Waals surface area contributed by atoms with Crippen molar-refractivity contribution in [3.05, 3.63) is 25.3 Å². The Morgan fingerprint density at radius 1 is 1.05 bits per heavy atom. The molecule has 1 aliphatic heterocycles. The molecule has 110 valence electrons. The Kier molecular flexibility index (Phi) is 5.31. The molecule has 0 radical (unpaired) electrons. The van der Waals surface area contributed by atoms with Crippen molar-refractivity contribution in [1.82, 2.24) is 20.4 Å². The number of nitrogens with zero attached hydrogens (tertiary/aromatic N) is 2. The fourth-order valence-electron chi connectivity index (χ4n) is 1.98. The zero-order valence-electron chi connectivity index (χ0n) is 11.8. The Labute approximate surface area is 118 Å². The summed E-state index contributed by atoms with van der Waals surface area (Å²) in [5.74, 6) is -0.673. The van der Waals surface area contributed by atoms with Crippen LogP contribution in [0, 0.1) is 0 Å². The summed E-state index contributed by atoms with van der Waals surface area (Å²) >= 11 is 0. The molecule has 0 aromatic heterocycles. The van der Waals surface area contributed by atoms with Crippen LogP contribution in [0.1, 0.15) is 13.8 Å². The molecule has 2 unspecified atom stereocenters. The zero-order chi connectivity index (χ0) is 15.3. The highest BCUT2D eigenvalue weighted by Crippen LogP contribution is 2.13. The highest BCUT2D eigenvalue weighted by Gasteiger charge is 2.35. The van der Waals surface area contributed by atoms with E-state index in [0.717, 1.165) is 12.2 Å². The maximum absolute atomic E-state index is 12.2. The van der Waals surface area contributed by atoms with Gasteiger partial charge in [0.15, 0.2) is 0 Å². The lowest BCUT2D eigenvalue weighted by Crippen LogP contribution is -2.51. The zero-order valence-corrected chi connectivity index (χ0v) is 11.8. The summed E-state index contributed by atoms with van der Waals surface area (Å²) in [5.41, 5.74) is 0. The second kappa shape index (κ2) is 6.74. The van der Waals surface area contributed by atoms with Crippen LogP contribution in [0.4, 0.5) is 4.79 Å². The van der Waals surface area contributed by atoms with Gasteiger partial charge in [0.1, 0.15) is 12.3 Å². The monoisotopic (exact) mass is 280 g/mol. The Morgan fingerprint density at radius 2 is 1.40 bits per heavy atom. The van der Waals surface area contributed by atoms with Crippen LogP contribution >= 0.6 is 0 Å². The number of amides is 4. The van der Waals surface area contributed by atoms with Crippen LogP contribution in [-0.4, -0.2) is 53.1 Å². The van der Waals surface area contributed by atoms with E-state index >= 15 is 0 Å². The van der Waals surface area contributed by atoms with Gasteiger partial charge < -0.3 is 20.4 Å². The highest BCUT2D eigenvalue weighted by molar-refractivity contribution is 5.88. The number of nitrogens with one attached hydrogen (secondary N) is 2. The van der Waals surface area contributed by atoms with E-state index in [-0.39, 0.29) is 17.8 Å². The van der Waals surface area contributed by atoms with Gasteiger partial charge in [-0.2, -0.15) is 0 Å². The molecule has 7 heteroatoms. The molecule has 0 bridgehead atoms. The van der Waals surface area contributed by atoms with E-state index in [9.17, 15) is 14.4 Å². The van der Waals surface area contributed by atoms with Crippen LogP contribution in [0.25, 0.3) is 0 Å². The Bertz CT molecular complexity index is 397. The molecule has 0 aromatic carbocycles. The maximum Gasteiger partial charge on any atom is 0.323 e.